The van der Waals surface area contributed by atoms with Crippen molar-refractivity contribution in [3.05, 3.63) is 0 Å². The Morgan fingerprint density at radius 2 is 1.83 bits per heavy atom. The fourth-order valence-electron chi connectivity index (χ4n) is 0. The minimum absolute atomic E-state index is 0. The van der Waals surface area contributed by atoms with E-state index in [-0.39, 0.29) is 1.43 Å². The maximum atomic E-state index is 9.00. The molecule has 0 bridgehead atoms. The molecule has 4 nitrogen and oxygen atoms in total. The van der Waals surface area contributed by atoms with Crippen LogP contribution in [0.3, 0.4) is 0 Å². The maximum absolute atomic E-state index is 9.00. The Kier molecular flexibility index (Phi) is 13.3. The van der Waals surface area contributed by atoms with Crippen LogP contribution in [0.4, 0.5) is 0 Å². The lowest BCUT2D eigenvalue weighted by atomic mass is 10.9. The maximum Gasteiger partial charge on any atom is 0.300 e. The van der Waals surface area contributed by atoms with Crippen molar-refractivity contribution in [3.8, 4) is 0 Å². The van der Waals surface area contributed by atoms with Crippen LogP contribution in [0.5, 0.6) is 0 Å². The van der Waals surface area contributed by atoms with Crippen LogP contribution in [0.25, 0.3) is 0 Å². The highest BCUT2D eigenvalue weighted by Gasteiger charge is 1.65. The summed E-state index contributed by atoms with van der Waals surface area (Å²) in [6.45, 7) is 1.08. The molecular weight excluding hydrogens is 84.0 g/mol. The monoisotopic (exact) mass is 92.1 g/mol. The zero-order valence-electron chi connectivity index (χ0n) is 3.36. The van der Waals surface area contributed by atoms with E-state index >= 15 is 0 Å². The lowest BCUT2D eigenvalue weighted by molar-refractivity contribution is -0.134. The predicted molar refractivity (Wildman–Crippen MR) is 20.9 cm³/mol. The van der Waals surface area contributed by atoms with Crippen molar-refractivity contribution < 1.29 is 11.3 Å². The topological polar surface area (TPSA) is 85.0 Å². The molecule has 0 heterocycles. The molecule has 0 aliphatic carbocycles. The van der Waals surface area contributed by atoms with Crippen molar-refractivity contribution in [2.45, 2.75) is 6.92 Å². The number of nitrogens with one attached hydrogen (secondary N) is 2. The lowest BCUT2D eigenvalue weighted by Gasteiger charge is -1.59. The summed E-state index contributed by atoms with van der Waals surface area (Å²) >= 11 is 0. The zero-order valence-corrected chi connectivity index (χ0v) is 3.36. The molecule has 0 aliphatic rings. The first-order valence-electron chi connectivity index (χ1n) is 1.18. The summed E-state index contributed by atoms with van der Waals surface area (Å²) in [4.78, 5) is 9.00. The van der Waals surface area contributed by atoms with Crippen LogP contribution in [-0.4, -0.2) is 11.1 Å². The van der Waals surface area contributed by atoms with Gasteiger partial charge in [0, 0.05) is 8.35 Å². The van der Waals surface area contributed by atoms with Crippen molar-refractivity contribution >= 4 is 5.97 Å². The first-order chi connectivity index (χ1) is 2.73. The van der Waals surface area contributed by atoms with E-state index in [1.807, 2.05) is 0 Å². The molecule has 4 heteroatoms. The molecule has 0 fully saturated rings. The van der Waals surface area contributed by atoms with Crippen molar-refractivity contribution in [2.75, 3.05) is 0 Å². The molecular formula is C2H8N2O2. The second-order valence-corrected chi connectivity index (χ2v) is 0.519. The van der Waals surface area contributed by atoms with Gasteiger partial charge in [0.2, 0.25) is 0 Å². The van der Waals surface area contributed by atoms with Crippen LogP contribution >= 0.6 is 0 Å². The Balaban J connectivity index is -0.0000000480. The van der Waals surface area contributed by atoms with E-state index in [1.165, 1.54) is 0 Å². The van der Waals surface area contributed by atoms with E-state index in [1.54, 1.807) is 0 Å². The number of carboxylic acids is 1. The summed E-state index contributed by atoms with van der Waals surface area (Å²) in [7, 11) is 0. The standard InChI is InChI=1S/C2H4O2.H2N2.H2/c1-2(3)4;1-2;/h1H3,(H,3,4);1-2H;1H. The van der Waals surface area contributed by atoms with Gasteiger partial charge in [-0.15, -0.1) is 0 Å². The molecule has 3 N–H and O–H groups in total. The van der Waals surface area contributed by atoms with Crippen LogP contribution in [0, 0.1) is 11.1 Å². The molecule has 0 radical (unpaired) electrons. The average Bonchev–Trinajstić information content (AvgIpc) is 1.41. The minimum atomic E-state index is -0.833. The summed E-state index contributed by atoms with van der Waals surface area (Å²) in [5, 5.41) is 7.42. The van der Waals surface area contributed by atoms with Gasteiger partial charge in [0.25, 0.3) is 5.97 Å². The van der Waals surface area contributed by atoms with Crippen LogP contribution < -0.4 is 0 Å². The van der Waals surface area contributed by atoms with Gasteiger partial charge < -0.3 is 5.11 Å². The first-order valence-corrected chi connectivity index (χ1v) is 1.18. The van der Waals surface area contributed by atoms with E-state index in [9.17, 15) is 0 Å². The fraction of sp³-hybridized carbons (Fsp3) is 0.500. The van der Waals surface area contributed by atoms with Gasteiger partial charge in [-0.2, -0.15) is 0 Å². The summed E-state index contributed by atoms with van der Waals surface area (Å²) in [6.07, 6.45) is 0. The number of carbonyl (C=O) groups is 1. The van der Waals surface area contributed by atoms with Crippen molar-refractivity contribution in [3.63, 3.8) is 0 Å². The molecule has 0 spiro atoms. The van der Waals surface area contributed by atoms with E-state index in [4.69, 9.17) is 21.0 Å². The third kappa shape index (κ3) is 15.2. The molecule has 0 unspecified atom stereocenters. The number of rotatable bonds is 0. The average molecular weight is 92.1 g/mol. The largest absolute Gasteiger partial charge is 0.481 e. The molecule has 0 atom stereocenters. The fourth-order valence-corrected chi connectivity index (χ4v) is 0. The van der Waals surface area contributed by atoms with Gasteiger partial charge in [-0.25, -0.2) is 11.1 Å². The number of hydrogen-bond donors (Lipinski definition) is 3. The Morgan fingerprint density at radius 1 is 1.83 bits per heavy atom. The van der Waals surface area contributed by atoms with Gasteiger partial charge in [-0.3, -0.25) is 4.79 Å². The quantitative estimate of drug-likeness (QED) is 0.388. The Hall–Kier alpha value is -0.930. The van der Waals surface area contributed by atoms with Gasteiger partial charge in [0.1, 0.15) is 0 Å². The third-order valence-electron chi connectivity index (χ3n) is 0. The second-order valence-electron chi connectivity index (χ2n) is 0.519. The van der Waals surface area contributed by atoms with Gasteiger partial charge in [0.05, 0.1) is 0 Å². The van der Waals surface area contributed by atoms with E-state index in [0.29, 0.717) is 0 Å². The number of hydrogen-bond acceptors (Lipinski definition) is 3. The molecule has 6 heavy (non-hydrogen) atoms. The molecule has 0 saturated carbocycles. The van der Waals surface area contributed by atoms with Gasteiger partial charge >= 0.3 is 0 Å². The molecule has 0 aliphatic heterocycles. The zero-order chi connectivity index (χ0) is 5.58. The second kappa shape index (κ2) is 8.95. The highest BCUT2D eigenvalue weighted by Crippen LogP contribution is 1.42. The lowest BCUT2D eigenvalue weighted by Crippen LogP contribution is -1.78. The Bertz CT molecular complexity index is 45.0. The normalized spacial score (nSPS) is 4.83. The predicted octanol–water partition coefficient (Wildman–Crippen LogP) is 0.933. The van der Waals surface area contributed by atoms with Gasteiger partial charge in [-0.05, 0) is 0 Å². The highest BCUT2D eigenvalue weighted by molar-refractivity contribution is 5.62. The Morgan fingerprint density at radius 3 is 1.83 bits per heavy atom. The van der Waals surface area contributed by atoms with Gasteiger partial charge in [-0.1, -0.05) is 0 Å². The highest BCUT2D eigenvalue weighted by atomic mass is 16.4. The molecule has 0 aromatic carbocycles. The van der Waals surface area contributed by atoms with Crippen LogP contribution in [-0.2, 0) is 4.79 Å². The summed E-state index contributed by atoms with van der Waals surface area (Å²) in [6, 6.07) is 0. The number of aliphatic carboxylic acids is 1. The number of carboxylic acid groups (broad SMARTS) is 1. The molecule has 0 saturated heterocycles. The van der Waals surface area contributed by atoms with Crippen molar-refractivity contribution in [1.82, 2.24) is 0 Å². The molecule has 0 rings (SSSR count). The van der Waals surface area contributed by atoms with Crippen molar-refractivity contribution in [2.24, 2.45) is 0 Å². The van der Waals surface area contributed by atoms with E-state index in [0.717, 1.165) is 6.92 Å². The first kappa shape index (κ1) is 8.91. The van der Waals surface area contributed by atoms with Crippen LogP contribution in [0.15, 0.2) is 0 Å². The minimum Gasteiger partial charge on any atom is -0.481 e. The summed E-state index contributed by atoms with van der Waals surface area (Å²) < 4.78 is 0. The van der Waals surface area contributed by atoms with Crippen molar-refractivity contribution in [1.29, 1.82) is 11.1 Å². The SMILES string of the molecule is CC(=O)O.N=N.[HH]. The van der Waals surface area contributed by atoms with Crippen LogP contribution in [0.2, 0.25) is 0 Å². The van der Waals surface area contributed by atoms with E-state index in [2.05, 4.69) is 0 Å². The molecule has 0 amide bonds. The Labute approximate surface area is 36.6 Å². The molecule has 0 aromatic rings. The smallest absolute Gasteiger partial charge is 0.300 e. The molecule has 0 aromatic heterocycles. The van der Waals surface area contributed by atoms with Gasteiger partial charge in [0.15, 0.2) is 0 Å². The summed E-state index contributed by atoms with van der Waals surface area (Å²) in [5.74, 6) is -0.833. The van der Waals surface area contributed by atoms with E-state index < -0.39 is 5.97 Å². The third-order valence-corrected chi connectivity index (χ3v) is 0. The van der Waals surface area contributed by atoms with Crippen LogP contribution in [0.1, 0.15) is 8.35 Å². The molecule has 38 valence electrons. The summed E-state index contributed by atoms with van der Waals surface area (Å²) in [5.41, 5.74) is 10.0.